The first-order valence-electron chi connectivity index (χ1n) is 9.33. The third-order valence-electron chi connectivity index (χ3n) is 4.80. The molecule has 3 heterocycles. The van der Waals surface area contributed by atoms with Crippen LogP contribution in [0.25, 0.3) is 5.82 Å². The summed E-state index contributed by atoms with van der Waals surface area (Å²) in [6.07, 6.45) is 5.63. The monoisotopic (exact) mass is 409 g/mol. The van der Waals surface area contributed by atoms with Crippen molar-refractivity contribution < 1.29 is 14.4 Å². The first kappa shape index (κ1) is 20.9. The summed E-state index contributed by atoms with van der Waals surface area (Å²) in [5.41, 5.74) is -0.0248. The van der Waals surface area contributed by atoms with Crippen molar-refractivity contribution in [2.75, 3.05) is 13.6 Å². The second-order valence-corrected chi connectivity index (χ2v) is 7.44. The van der Waals surface area contributed by atoms with Crippen molar-refractivity contribution in [3.05, 3.63) is 54.0 Å². The number of likely N-dealkylation sites (tertiary alicyclic amines) is 1. The Labute approximate surface area is 173 Å². The smallest absolute Gasteiger partial charge is 0.274 e. The van der Waals surface area contributed by atoms with Crippen LogP contribution in [0, 0.1) is 10.8 Å². The van der Waals surface area contributed by atoms with Crippen molar-refractivity contribution in [3.8, 4) is 5.82 Å². The van der Waals surface area contributed by atoms with E-state index in [0.29, 0.717) is 25.1 Å². The van der Waals surface area contributed by atoms with Gasteiger partial charge in [-0.15, -0.1) is 0 Å². The van der Waals surface area contributed by atoms with Gasteiger partial charge in [-0.05, 0) is 18.6 Å². The second kappa shape index (κ2) is 8.27. The van der Waals surface area contributed by atoms with Crippen molar-refractivity contribution in [2.24, 2.45) is 5.41 Å². The molecule has 156 valence electrons. The number of pyridine rings is 1. The van der Waals surface area contributed by atoms with Crippen LogP contribution < -0.4 is 10.6 Å². The number of imidazole rings is 1. The maximum Gasteiger partial charge on any atom is 0.274 e. The van der Waals surface area contributed by atoms with Crippen molar-refractivity contribution >= 4 is 23.9 Å². The summed E-state index contributed by atoms with van der Waals surface area (Å²) in [5, 5.41) is 13.9. The molecule has 0 atom stereocenters. The summed E-state index contributed by atoms with van der Waals surface area (Å²) < 4.78 is 1.53. The van der Waals surface area contributed by atoms with E-state index in [2.05, 4.69) is 20.6 Å². The number of amides is 2. The zero-order chi connectivity index (χ0) is 21.9. The predicted octanol–water partition coefficient (Wildman–Crippen LogP) is 1.11. The Morgan fingerprint density at radius 2 is 2.10 bits per heavy atom. The quantitative estimate of drug-likeness (QED) is 0.372. The molecular weight excluding hydrogens is 386 g/mol. The van der Waals surface area contributed by atoms with Gasteiger partial charge < -0.3 is 10.6 Å². The van der Waals surface area contributed by atoms with Gasteiger partial charge in [-0.25, -0.2) is 9.97 Å². The van der Waals surface area contributed by atoms with E-state index in [1.807, 2.05) is 13.8 Å². The Hall–Kier alpha value is -3.82. The average molecular weight is 409 g/mol. The molecule has 0 aromatic carbocycles. The van der Waals surface area contributed by atoms with Gasteiger partial charge in [-0.2, -0.15) is 0 Å². The fourth-order valence-corrected chi connectivity index (χ4v) is 3.04. The van der Waals surface area contributed by atoms with E-state index >= 15 is 0 Å². The van der Waals surface area contributed by atoms with Gasteiger partial charge in [0.05, 0.1) is 5.70 Å². The van der Waals surface area contributed by atoms with Crippen molar-refractivity contribution in [1.29, 1.82) is 5.41 Å². The Kier molecular flexibility index (Phi) is 5.77. The molecule has 0 aliphatic carbocycles. The van der Waals surface area contributed by atoms with Crippen LogP contribution in [0.1, 0.15) is 41.2 Å². The lowest BCUT2D eigenvalue weighted by atomic mass is 9.92. The lowest BCUT2D eigenvalue weighted by molar-refractivity contribution is -0.131. The molecule has 0 radical (unpaired) electrons. The number of hydrogen-bond donors (Lipinski definition) is 3. The molecule has 3 rings (SSSR count). The molecule has 1 saturated heterocycles. The van der Waals surface area contributed by atoms with Crippen LogP contribution in [0.4, 0.5) is 0 Å². The fourth-order valence-electron chi connectivity index (χ4n) is 3.04. The summed E-state index contributed by atoms with van der Waals surface area (Å²) in [5.74, 6) is -0.372. The highest BCUT2D eigenvalue weighted by Gasteiger charge is 2.41. The zero-order valence-electron chi connectivity index (χ0n) is 17.0. The summed E-state index contributed by atoms with van der Waals surface area (Å²) in [6, 6.07) is 4.85. The summed E-state index contributed by atoms with van der Waals surface area (Å²) >= 11 is 0. The summed E-state index contributed by atoms with van der Waals surface area (Å²) in [4.78, 5) is 45.7. The van der Waals surface area contributed by atoms with Crippen molar-refractivity contribution in [3.63, 3.8) is 0 Å². The normalized spacial score (nSPS) is 15.8. The molecule has 1 fully saturated rings. The zero-order valence-corrected chi connectivity index (χ0v) is 17.0. The molecule has 2 aromatic rings. The second-order valence-electron chi connectivity index (χ2n) is 7.44. The van der Waals surface area contributed by atoms with Gasteiger partial charge in [0, 0.05) is 31.4 Å². The lowest BCUT2D eigenvalue weighted by Gasteiger charge is -2.22. The molecule has 2 aromatic heterocycles. The summed E-state index contributed by atoms with van der Waals surface area (Å²) in [7, 11) is 1.64. The van der Waals surface area contributed by atoms with E-state index in [4.69, 9.17) is 5.41 Å². The largest absolute Gasteiger partial charge is 0.392 e. The third kappa shape index (κ3) is 4.12. The Morgan fingerprint density at radius 3 is 2.70 bits per heavy atom. The van der Waals surface area contributed by atoms with Crippen molar-refractivity contribution in [2.45, 2.75) is 20.3 Å². The minimum Gasteiger partial charge on any atom is -0.392 e. The molecule has 0 spiro atoms. The van der Waals surface area contributed by atoms with Crippen LogP contribution in [0.2, 0.25) is 0 Å². The van der Waals surface area contributed by atoms with Gasteiger partial charge >= 0.3 is 0 Å². The predicted molar refractivity (Wildman–Crippen MR) is 109 cm³/mol. The van der Waals surface area contributed by atoms with Gasteiger partial charge in [-0.1, -0.05) is 19.9 Å². The topological polar surface area (TPSA) is 133 Å². The van der Waals surface area contributed by atoms with E-state index in [0.717, 1.165) is 0 Å². The maximum atomic E-state index is 12.8. The van der Waals surface area contributed by atoms with Crippen LogP contribution in [0.5, 0.6) is 0 Å². The number of carbonyl (C=O) groups excluding carboxylic acids is 3. The Morgan fingerprint density at radius 1 is 1.33 bits per heavy atom. The maximum absolute atomic E-state index is 12.8. The molecule has 1 aliphatic rings. The average Bonchev–Trinajstić information content (AvgIpc) is 3.32. The number of nitrogens with one attached hydrogen (secondary N) is 3. The van der Waals surface area contributed by atoms with Gasteiger partial charge in [0.15, 0.2) is 12.1 Å². The van der Waals surface area contributed by atoms with Crippen molar-refractivity contribution in [1.82, 2.24) is 30.1 Å². The molecule has 10 nitrogen and oxygen atoms in total. The first-order chi connectivity index (χ1) is 14.3. The molecule has 10 heteroatoms. The number of carbonyl (C=O) groups is 3. The Bertz CT molecular complexity index is 1040. The number of aldehydes is 1. The lowest BCUT2D eigenvalue weighted by Crippen LogP contribution is -2.41. The molecule has 3 N–H and O–H groups in total. The minimum atomic E-state index is -0.540. The van der Waals surface area contributed by atoms with E-state index in [9.17, 15) is 14.4 Å². The van der Waals surface area contributed by atoms with Crippen LogP contribution >= 0.6 is 0 Å². The molecule has 0 saturated carbocycles. The molecule has 0 unspecified atom stereocenters. The minimum absolute atomic E-state index is 0.0883. The number of hydrogen-bond acceptors (Lipinski definition) is 7. The molecule has 30 heavy (non-hydrogen) atoms. The fraction of sp³-hybridized carbons (Fsp3) is 0.300. The van der Waals surface area contributed by atoms with Gasteiger partial charge in [0.1, 0.15) is 23.5 Å². The van der Waals surface area contributed by atoms with Crippen LogP contribution in [0.15, 0.2) is 42.6 Å². The Balaban J connectivity index is 1.80. The third-order valence-corrected chi connectivity index (χ3v) is 4.80. The molecule has 0 bridgehead atoms. The SMILES string of the molecule is CN/C=C(/NC(=O)c1cccc(-n2cnc(C=O)c2)n1)C(=N)N1CCC(C)(C)C1=O. The van der Waals surface area contributed by atoms with Gasteiger partial charge in [0.25, 0.3) is 5.91 Å². The standard InChI is InChI=1S/C20H23N7O3/c1-20(2)7-8-27(19(20)30)17(21)15(9-22-3)25-18(29)14-5-4-6-16(24-14)26-10-13(11-28)23-12-26/h4-6,9-12,21-22H,7-8H2,1-3H3,(H,25,29)/b15-9+,21-17?. The van der Waals surface area contributed by atoms with E-state index in [1.54, 1.807) is 19.2 Å². The number of rotatable bonds is 6. The first-order valence-corrected chi connectivity index (χ1v) is 9.33. The molecule has 1 aliphatic heterocycles. The van der Waals surface area contributed by atoms with Gasteiger partial charge in [-0.3, -0.25) is 29.3 Å². The van der Waals surface area contributed by atoms with E-state index < -0.39 is 11.3 Å². The van der Waals surface area contributed by atoms with Crippen LogP contribution in [-0.4, -0.2) is 57.0 Å². The summed E-state index contributed by atoms with van der Waals surface area (Å²) in [6.45, 7) is 4.09. The number of nitrogens with zero attached hydrogens (tertiary/aromatic N) is 4. The number of aromatic nitrogens is 3. The molecule has 2 amide bonds. The van der Waals surface area contributed by atoms with Crippen LogP contribution in [-0.2, 0) is 4.79 Å². The highest BCUT2D eigenvalue weighted by molar-refractivity contribution is 6.10. The number of amidine groups is 1. The molecular formula is C20H23N7O3. The van der Waals surface area contributed by atoms with Crippen LogP contribution in [0.3, 0.4) is 0 Å². The highest BCUT2D eigenvalue weighted by atomic mass is 16.2. The van der Waals surface area contributed by atoms with E-state index in [-0.39, 0.29) is 28.8 Å². The highest BCUT2D eigenvalue weighted by Crippen LogP contribution is 2.31. The van der Waals surface area contributed by atoms with E-state index in [1.165, 1.54) is 34.3 Å². The van der Waals surface area contributed by atoms with Gasteiger partial charge in [0.2, 0.25) is 5.91 Å².